The lowest BCUT2D eigenvalue weighted by molar-refractivity contribution is -0.192. The van der Waals surface area contributed by atoms with Crippen molar-refractivity contribution in [3.63, 3.8) is 0 Å². The lowest BCUT2D eigenvalue weighted by atomic mass is 9.53. The summed E-state index contributed by atoms with van der Waals surface area (Å²) in [6, 6.07) is 0. The fourth-order valence-electron chi connectivity index (χ4n) is 5.43. The van der Waals surface area contributed by atoms with E-state index in [1.165, 1.54) is 0 Å². The minimum Gasteiger partial charge on any atom is -0.465 e. The fourth-order valence-corrected chi connectivity index (χ4v) is 5.43. The van der Waals surface area contributed by atoms with Gasteiger partial charge in [-0.15, -0.1) is 0 Å². The highest BCUT2D eigenvalue weighted by molar-refractivity contribution is 6.02. The van der Waals surface area contributed by atoms with Crippen molar-refractivity contribution in [2.45, 2.75) is 72.6 Å². The Morgan fingerprint density at radius 2 is 1.35 bits per heavy atom. The SMILES string of the molecule is CCCOC(=O)C1(C(=O)OCCC)C2CCC(C2)C1(CC)CC. The highest BCUT2D eigenvalue weighted by Gasteiger charge is 2.74. The molecule has 2 saturated carbocycles. The van der Waals surface area contributed by atoms with Gasteiger partial charge in [-0.05, 0) is 62.2 Å². The summed E-state index contributed by atoms with van der Waals surface area (Å²) in [7, 11) is 0. The molecule has 2 unspecified atom stereocenters. The Morgan fingerprint density at radius 3 is 1.78 bits per heavy atom. The van der Waals surface area contributed by atoms with Crippen LogP contribution in [0.2, 0.25) is 0 Å². The summed E-state index contributed by atoms with van der Waals surface area (Å²) >= 11 is 0. The molecule has 0 spiro atoms. The maximum atomic E-state index is 13.1. The number of hydrogen-bond donors (Lipinski definition) is 0. The molecule has 0 N–H and O–H groups in total. The molecule has 4 nitrogen and oxygen atoms in total. The summed E-state index contributed by atoms with van der Waals surface area (Å²) < 4.78 is 11.1. The number of esters is 2. The summed E-state index contributed by atoms with van der Waals surface area (Å²) in [4.78, 5) is 26.3. The Hall–Kier alpha value is -1.06. The van der Waals surface area contributed by atoms with Crippen molar-refractivity contribution >= 4 is 11.9 Å². The van der Waals surface area contributed by atoms with E-state index in [0.717, 1.165) is 44.9 Å². The molecule has 2 fully saturated rings. The Labute approximate surface area is 140 Å². The van der Waals surface area contributed by atoms with E-state index in [0.29, 0.717) is 19.1 Å². The topological polar surface area (TPSA) is 52.6 Å². The number of rotatable bonds is 8. The van der Waals surface area contributed by atoms with Crippen LogP contribution >= 0.6 is 0 Å². The Morgan fingerprint density at radius 1 is 0.870 bits per heavy atom. The monoisotopic (exact) mass is 324 g/mol. The molecule has 2 bridgehead atoms. The van der Waals surface area contributed by atoms with E-state index in [9.17, 15) is 9.59 Å². The molecule has 0 heterocycles. The Kier molecular flexibility index (Phi) is 5.74. The number of ether oxygens (including phenoxy) is 2. The molecule has 0 aromatic heterocycles. The van der Waals surface area contributed by atoms with Crippen molar-refractivity contribution in [3.05, 3.63) is 0 Å². The Balaban J connectivity index is 2.47. The lowest BCUT2D eigenvalue weighted by Crippen LogP contribution is -2.58. The average molecular weight is 324 g/mol. The van der Waals surface area contributed by atoms with E-state index in [-0.39, 0.29) is 23.3 Å². The van der Waals surface area contributed by atoms with E-state index in [2.05, 4.69) is 13.8 Å². The quantitative estimate of drug-likeness (QED) is 0.498. The molecule has 4 heteroatoms. The predicted octanol–water partition coefficient (Wildman–Crippen LogP) is 4.12. The van der Waals surface area contributed by atoms with E-state index in [4.69, 9.17) is 9.47 Å². The molecule has 0 aromatic carbocycles. The smallest absolute Gasteiger partial charge is 0.324 e. The molecule has 0 aromatic rings. The summed E-state index contributed by atoms with van der Waals surface area (Å²) in [6.45, 7) is 8.93. The fraction of sp³-hybridized carbons (Fsp3) is 0.895. The van der Waals surface area contributed by atoms with Gasteiger partial charge in [-0.2, -0.15) is 0 Å². The first-order valence-corrected chi connectivity index (χ1v) is 9.39. The largest absolute Gasteiger partial charge is 0.465 e. The second-order valence-corrected chi connectivity index (χ2v) is 7.15. The van der Waals surface area contributed by atoms with Crippen molar-refractivity contribution in [2.24, 2.45) is 22.7 Å². The summed E-state index contributed by atoms with van der Waals surface area (Å²) in [5.41, 5.74) is -1.38. The second-order valence-electron chi connectivity index (χ2n) is 7.15. The van der Waals surface area contributed by atoms with Crippen molar-refractivity contribution in [2.75, 3.05) is 13.2 Å². The molecule has 0 aliphatic heterocycles. The van der Waals surface area contributed by atoms with Crippen LogP contribution in [0.3, 0.4) is 0 Å². The van der Waals surface area contributed by atoms with Gasteiger partial charge in [0.2, 0.25) is 0 Å². The number of fused-ring (bicyclic) bond motifs is 2. The number of carbonyl (C=O) groups excluding carboxylic acids is 2. The van der Waals surface area contributed by atoms with Crippen molar-refractivity contribution in [1.82, 2.24) is 0 Å². The van der Waals surface area contributed by atoms with Gasteiger partial charge >= 0.3 is 11.9 Å². The van der Waals surface area contributed by atoms with Crippen LogP contribution in [0.4, 0.5) is 0 Å². The van der Waals surface area contributed by atoms with Gasteiger partial charge in [-0.25, -0.2) is 0 Å². The molecule has 0 amide bonds. The van der Waals surface area contributed by atoms with Crippen molar-refractivity contribution in [1.29, 1.82) is 0 Å². The van der Waals surface area contributed by atoms with Crippen LogP contribution in [-0.4, -0.2) is 25.2 Å². The van der Waals surface area contributed by atoms with Crippen LogP contribution in [0.5, 0.6) is 0 Å². The van der Waals surface area contributed by atoms with Gasteiger partial charge in [-0.1, -0.05) is 27.7 Å². The van der Waals surface area contributed by atoms with E-state index in [1.54, 1.807) is 0 Å². The van der Waals surface area contributed by atoms with E-state index < -0.39 is 5.41 Å². The maximum absolute atomic E-state index is 13.1. The number of carbonyl (C=O) groups is 2. The third kappa shape index (κ3) is 2.49. The van der Waals surface area contributed by atoms with Crippen LogP contribution in [0.25, 0.3) is 0 Å². The van der Waals surface area contributed by atoms with E-state index >= 15 is 0 Å². The van der Waals surface area contributed by atoms with Crippen LogP contribution in [0.15, 0.2) is 0 Å². The van der Waals surface area contributed by atoms with Gasteiger partial charge in [0.25, 0.3) is 0 Å². The first-order valence-electron chi connectivity index (χ1n) is 9.39. The normalized spacial score (nSPS) is 27.0. The molecule has 0 saturated heterocycles. The predicted molar refractivity (Wildman–Crippen MR) is 88.8 cm³/mol. The zero-order valence-electron chi connectivity index (χ0n) is 15.2. The van der Waals surface area contributed by atoms with Crippen molar-refractivity contribution in [3.8, 4) is 0 Å². The van der Waals surface area contributed by atoms with Crippen molar-refractivity contribution < 1.29 is 19.1 Å². The molecule has 132 valence electrons. The first kappa shape index (κ1) is 18.3. The molecule has 2 aliphatic rings. The highest BCUT2D eigenvalue weighted by atomic mass is 16.6. The average Bonchev–Trinajstić information content (AvgIpc) is 3.15. The molecule has 2 aliphatic carbocycles. The molecule has 2 atom stereocenters. The van der Waals surface area contributed by atoms with Crippen LogP contribution < -0.4 is 0 Å². The summed E-state index contributed by atoms with van der Waals surface area (Å²) in [6.07, 6.45) is 6.21. The molecular weight excluding hydrogens is 292 g/mol. The minimum absolute atomic E-state index is 0.0844. The maximum Gasteiger partial charge on any atom is 0.324 e. The molecular formula is C19H32O4. The van der Waals surface area contributed by atoms with E-state index in [1.807, 2.05) is 13.8 Å². The van der Waals surface area contributed by atoms with Gasteiger partial charge in [-0.3, -0.25) is 9.59 Å². The number of hydrogen-bond acceptors (Lipinski definition) is 4. The van der Waals surface area contributed by atoms with Crippen LogP contribution in [0, 0.1) is 22.7 Å². The molecule has 0 radical (unpaired) electrons. The summed E-state index contributed by atoms with van der Waals surface area (Å²) in [5, 5.41) is 0. The van der Waals surface area contributed by atoms with Gasteiger partial charge in [0, 0.05) is 0 Å². The van der Waals surface area contributed by atoms with Gasteiger partial charge in [0.1, 0.15) is 0 Å². The lowest BCUT2D eigenvalue weighted by Gasteiger charge is -2.49. The minimum atomic E-state index is -1.08. The molecule has 23 heavy (non-hydrogen) atoms. The third-order valence-electron chi connectivity index (χ3n) is 6.39. The standard InChI is InChI=1S/C19H32O4/c1-5-11-22-16(20)19(17(21)23-12-6-2)15-10-9-14(13-15)18(19,7-3)8-4/h14-15H,5-13H2,1-4H3. The third-order valence-corrected chi connectivity index (χ3v) is 6.39. The first-order chi connectivity index (χ1) is 11.0. The highest BCUT2D eigenvalue weighted by Crippen LogP contribution is 2.70. The van der Waals surface area contributed by atoms with Crippen LogP contribution in [0.1, 0.15) is 72.6 Å². The van der Waals surface area contributed by atoms with Gasteiger partial charge < -0.3 is 9.47 Å². The second kappa shape index (κ2) is 7.23. The molecule has 2 rings (SSSR count). The Bertz CT molecular complexity index is 419. The zero-order valence-corrected chi connectivity index (χ0v) is 15.2. The zero-order chi connectivity index (χ0) is 17.1. The summed E-state index contributed by atoms with van der Waals surface area (Å²) in [5.74, 6) is -0.125. The van der Waals surface area contributed by atoms with Gasteiger partial charge in [0.15, 0.2) is 5.41 Å². The van der Waals surface area contributed by atoms with Gasteiger partial charge in [0.05, 0.1) is 13.2 Å². The van der Waals surface area contributed by atoms with Crippen LogP contribution in [-0.2, 0) is 19.1 Å².